The molecule has 3 heterocycles. The molecule has 1 fully saturated rings. The first-order valence-electron chi connectivity index (χ1n) is 14.2. The molecule has 0 aliphatic carbocycles. The summed E-state index contributed by atoms with van der Waals surface area (Å²) in [6.45, 7) is 5.32. The number of nitrogens with zero attached hydrogens (tertiary/aromatic N) is 3. The van der Waals surface area contributed by atoms with E-state index in [0.29, 0.717) is 28.4 Å². The van der Waals surface area contributed by atoms with Gasteiger partial charge in [0.15, 0.2) is 20.5 Å². The van der Waals surface area contributed by atoms with E-state index in [1.54, 1.807) is 29.0 Å². The number of hydrogen-bond donors (Lipinski definition) is 2. The molecule has 0 unspecified atom stereocenters. The SMILES string of the molecule is C[C@H]1[C@H]([Si](C)(C)O)[C@@H](CCO)O[C@]12C(=O)N(Cc1ccc(N3C(=O)COc4ccccc43)cc1)c1ccc([N+](=O)[O-])cc12. The van der Waals surface area contributed by atoms with Crippen molar-refractivity contribution in [3.05, 3.63) is 88.0 Å². The summed E-state index contributed by atoms with van der Waals surface area (Å²) in [5.74, 6) is -0.444. The number of nitro benzene ring substituents is 1. The van der Waals surface area contributed by atoms with Crippen LogP contribution in [0.2, 0.25) is 18.6 Å². The van der Waals surface area contributed by atoms with Crippen LogP contribution in [0.1, 0.15) is 24.5 Å². The molecule has 0 bridgehead atoms. The topological polar surface area (TPSA) is 143 Å². The number of carbonyl (C=O) groups excluding carboxylic acids is 2. The van der Waals surface area contributed by atoms with Crippen molar-refractivity contribution in [2.45, 2.75) is 50.2 Å². The number of non-ortho nitro benzene ring substituents is 1. The van der Waals surface area contributed by atoms with Crippen LogP contribution in [0.25, 0.3) is 0 Å². The predicted molar refractivity (Wildman–Crippen MR) is 161 cm³/mol. The lowest BCUT2D eigenvalue weighted by molar-refractivity contribution is -0.385. The molecule has 3 aromatic carbocycles. The number of hydrogen-bond acceptors (Lipinski definition) is 8. The molecule has 1 spiro atoms. The first kappa shape index (κ1) is 29.0. The minimum atomic E-state index is -2.90. The monoisotopic (exact) mass is 603 g/mol. The summed E-state index contributed by atoms with van der Waals surface area (Å²) in [7, 11) is -2.90. The molecule has 0 radical (unpaired) electrons. The number of amides is 2. The minimum Gasteiger partial charge on any atom is -0.482 e. The van der Waals surface area contributed by atoms with Gasteiger partial charge in [-0.15, -0.1) is 0 Å². The van der Waals surface area contributed by atoms with Crippen molar-refractivity contribution in [1.82, 2.24) is 0 Å². The van der Waals surface area contributed by atoms with E-state index in [2.05, 4.69) is 0 Å². The summed E-state index contributed by atoms with van der Waals surface area (Å²) in [5, 5.41) is 21.5. The van der Waals surface area contributed by atoms with Crippen molar-refractivity contribution in [2.24, 2.45) is 5.92 Å². The highest BCUT2D eigenvalue weighted by atomic mass is 28.4. The van der Waals surface area contributed by atoms with Gasteiger partial charge in [-0.25, -0.2) is 0 Å². The molecule has 3 aromatic rings. The molecule has 2 N–H and O–H groups in total. The molecule has 43 heavy (non-hydrogen) atoms. The Morgan fingerprint density at radius 1 is 1.07 bits per heavy atom. The standard InChI is InChI=1S/C31H33N3O8Si/c1-19-29(43(2,3)40)27(14-15-35)42-31(19)23-16-22(34(38)39)12-13-24(23)32(30(31)37)17-20-8-10-21(11-9-20)33-25-6-4-5-7-26(25)41-18-28(33)36/h4-13,16,19,27,29,35,40H,14-15,17-18H2,1-3H3/t19-,27+,29-,31+/m0/s1. The van der Waals surface area contributed by atoms with Crippen LogP contribution in [0.15, 0.2) is 66.7 Å². The van der Waals surface area contributed by atoms with Gasteiger partial charge in [0.05, 0.1) is 28.9 Å². The van der Waals surface area contributed by atoms with Gasteiger partial charge in [0, 0.05) is 41.4 Å². The Balaban J connectivity index is 1.37. The van der Waals surface area contributed by atoms with E-state index >= 15 is 0 Å². The number of nitro groups is 1. The van der Waals surface area contributed by atoms with Crippen molar-refractivity contribution < 1.29 is 33.9 Å². The van der Waals surface area contributed by atoms with E-state index < -0.39 is 30.9 Å². The number of benzene rings is 3. The molecule has 4 atom stereocenters. The van der Waals surface area contributed by atoms with Gasteiger partial charge in [-0.1, -0.05) is 31.2 Å². The summed E-state index contributed by atoms with van der Waals surface area (Å²) < 4.78 is 12.1. The van der Waals surface area contributed by atoms with Gasteiger partial charge in [-0.3, -0.25) is 24.6 Å². The Hall–Kier alpha value is -4.10. The molecular weight excluding hydrogens is 570 g/mol. The van der Waals surface area contributed by atoms with E-state index in [-0.39, 0.29) is 49.2 Å². The van der Waals surface area contributed by atoms with Crippen molar-refractivity contribution >= 4 is 42.9 Å². The van der Waals surface area contributed by atoms with Crippen molar-refractivity contribution in [2.75, 3.05) is 23.0 Å². The van der Waals surface area contributed by atoms with E-state index in [1.165, 1.54) is 12.1 Å². The number of aliphatic hydroxyl groups excluding tert-OH is 1. The predicted octanol–water partition coefficient (Wildman–Crippen LogP) is 4.38. The van der Waals surface area contributed by atoms with Crippen molar-refractivity contribution in [1.29, 1.82) is 0 Å². The fourth-order valence-electron chi connectivity index (χ4n) is 7.05. The molecule has 0 aromatic heterocycles. The third-order valence-corrected chi connectivity index (χ3v) is 11.3. The maximum absolute atomic E-state index is 14.4. The first-order chi connectivity index (χ1) is 20.5. The van der Waals surface area contributed by atoms with E-state index in [1.807, 2.05) is 55.5 Å². The molecule has 3 aliphatic rings. The quantitative estimate of drug-likeness (QED) is 0.230. The van der Waals surface area contributed by atoms with Crippen LogP contribution in [-0.4, -0.2) is 54.3 Å². The number of aliphatic hydroxyl groups is 1. The van der Waals surface area contributed by atoms with Gasteiger partial charge in [0.25, 0.3) is 17.5 Å². The zero-order chi connectivity index (χ0) is 30.7. The minimum absolute atomic E-state index is 0.0734. The van der Waals surface area contributed by atoms with Crippen LogP contribution in [0.4, 0.5) is 22.7 Å². The van der Waals surface area contributed by atoms with Crippen LogP contribution in [0, 0.1) is 16.0 Å². The molecular formula is C31H33N3O8Si. The molecule has 6 rings (SSSR count). The summed E-state index contributed by atoms with van der Waals surface area (Å²) in [6, 6.07) is 18.9. The fourth-order valence-corrected chi connectivity index (χ4v) is 9.65. The van der Waals surface area contributed by atoms with Crippen LogP contribution in [0.3, 0.4) is 0 Å². The molecule has 11 nitrogen and oxygen atoms in total. The molecule has 224 valence electrons. The van der Waals surface area contributed by atoms with E-state index in [9.17, 15) is 29.6 Å². The number of fused-ring (bicyclic) bond motifs is 3. The van der Waals surface area contributed by atoms with E-state index in [4.69, 9.17) is 9.47 Å². The second-order valence-corrected chi connectivity index (χ2v) is 15.8. The van der Waals surface area contributed by atoms with Crippen LogP contribution in [0.5, 0.6) is 5.75 Å². The van der Waals surface area contributed by atoms with Crippen LogP contribution in [-0.2, 0) is 26.5 Å². The Morgan fingerprint density at radius 3 is 2.47 bits per heavy atom. The second kappa shape index (κ2) is 10.6. The highest BCUT2D eigenvalue weighted by Crippen LogP contribution is 2.60. The number of ether oxygens (including phenoxy) is 2. The first-order valence-corrected chi connectivity index (χ1v) is 17.3. The average molecular weight is 604 g/mol. The molecule has 0 saturated carbocycles. The number of anilines is 3. The van der Waals surface area contributed by atoms with Gasteiger partial charge in [-0.05, 0) is 55.4 Å². The van der Waals surface area contributed by atoms with Crippen molar-refractivity contribution in [3.8, 4) is 5.75 Å². The lowest BCUT2D eigenvalue weighted by Gasteiger charge is -2.32. The van der Waals surface area contributed by atoms with Crippen LogP contribution < -0.4 is 14.5 Å². The number of rotatable bonds is 7. The lowest BCUT2D eigenvalue weighted by Crippen LogP contribution is -2.46. The Bertz CT molecular complexity index is 1610. The Kier molecular flexibility index (Phi) is 7.12. The molecule has 1 saturated heterocycles. The molecule has 2 amide bonds. The lowest BCUT2D eigenvalue weighted by atomic mass is 9.82. The van der Waals surface area contributed by atoms with Gasteiger partial charge >= 0.3 is 0 Å². The van der Waals surface area contributed by atoms with Crippen molar-refractivity contribution in [3.63, 3.8) is 0 Å². The maximum Gasteiger partial charge on any atom is 0.269 e. The largest absolute Gasteiger partial charge is 0.482 e. The average Bonchev–Trinajstić information content (AvgIpc) is 3.40. The van der Waals surface area contributed by atoms with Gasteiger partial charge in [0.2, 0.25) is 0 Å². The molecule has 3 aliphatic heterocycles. The van der Waals surface area contributed by atoms with Gasteiger partial charge < -0.3 is 24.3 Å². The zero-order valence-electron chi connectivity index (χ0n) is 24.1. The fraction of sp³-hybridized carbons (Fsp3) is 0.355. The third kappa shape index (κ3) is 4.61. The number of para-hydroxylation sites is 2. The normalized spacial score (nSPS) is 24.7. The van der Waals surface area contributed by atoms with Gasteiger partial charge in [0.1, 0.15) is 5.75 Å². The summed E-state index contributed by atoms with van der Waals surface area (Å²) in [4.78, 5) is 52.9. The summed E-state index contributed by atoms with van der Waals surface area (Å²) in [5.41, 5.74) is 0.895. The van der Waals surface area contributed by atoms with E-state index in [0.717, 1.165) is 5.56 Å². The van der Waals surface area contributed by atoms with Gasteiger partial charge in [-0.2, -0.15) is 0 Å². The third-order valence-electron chi connectivity index (χ3n) is 8.83. The smallest absolute Gasteiger partial charge is 0.269 e. The maximum atomic E-state index is 14.4. The second-order valence-electron chi connectivity index (χ2n) is 11.9. The highest BCUT2D eigenvalue weighted by molar-refractivity contribution is 6.71. The van der Waals surface area contributed by atoms with Crippen LogP contribution >= 0.6 is 0 Å². The summed E-state index contributed by atoms with van der Waals surface area (Å²) in [6.07, 6.45) is -0.355. The zero-order valence-corrected chi connectivity index (χ0v) is 25.1. The molecule has 12 heteroatoms. The Morgan fingerprint density at radius 2 is 1.79 bits per heavy atom. The Labute approximate surface area is 249 Å². The highest BCUT2D eigenvalue weighted by Gasteiger charge is 2.66. The summed E-state index contributed by atoms with van der Waals surface area (Å²) >= 11 is 0. The number of carbonyl (C=O) groups is 2.